The number of hydrogen-bond acceptors (Lipinski definition) is 2. The summed E-state index contributed by atoms with van der Waals surface area (Å²) in [6.45, 7) is 11.9. The number of anilines is 1. The van der Waals surface area contributed by atoms with E-state index in [1.807, 2.05) is 64.1 Å². The summed E-state index contributed by atoms with van der Waals surface area (Å²) in [6.07, 6.45) is 7.16. The van der Waals surface area contributed by atoms with Crippen LogP contribution >= 0.6 is 0 Å². The summed E-state index contributed by atoms with van der Waals surface area (Å²) in [6, 6.07) is 9.99. The zero-order valence-corrected chi connectivity index (χ0v) is 12.5. The summed E-state index contributed by atoms with van der Waals surface area (Å²) < 4.78 is 0. The highest BCUT2D eigenvalue weighted by Gasteiger charge is 2.00. The van der Waals surface area contributed by atoms with Crippen molar-refractivity contribution >= 4 is 5.69 Å². The van der Waals surface area contributed by atoms with Gasteiger partial charge in [-0.1, -0.05) is 64.6 Å². The van der Waals surface area contributed by atoms with Gasteiger partial charge < -0.3 is 10.6 Å². The Hall–Kier alpha value is -1.96. The van der Waals surface area contributed by atoms with Gasteiger partial charge in [0.1, 0.15) is 0 Å². The van der Waals surface area contributed by atoms with Crippen molar-refractivity contribution in [2.75, 3.05) is 5.32 Å². The molecule has 0 saturated carbocycles. The lowest BCUT2D eigenvalue weighted by molar-refractivity contribution is 0.947. The molecule has 0 aromatic heterocycles. The first kappa shape index (κ1) is 17.0. The molecule has 2 nitrogen and oxygen atoms in total. The lowest BCUT2D eigenvalue weighted by Crippen LogP contribution is -2.17. The second-order valence-electron chi connectivity index (χ2n) is 3.42. The highest BCUT2D eigenvalue weighted by atomic mass is 15.1. The summed E-state index contributed by atoms with van der Waals surface area (Å²) in [5, 5.41) is 6.41. The molecule has 19 heavy (non-hydrogen) atoms. The molecule has 2 N–H and O–H groups in total. The molecule has 1 aliphatic carbocycles. The molecule has 2 heteroatoms. The van der Waals surface area contributed by atoms with Crippen molar-refractivity contribution in [3.63, 3.8) is 0 Å². The molecule has 1 aromatic rings. The number of rotatable bonds is 4. The zero-order chi connectivity index (χ0) is 14.5. The smallest absolute Gasteiger partial charge is 0.0999 e. The van der Waals surface area contributed by atoms with Crippen molar-refractivity contribution in [2.24, 2.45) is 0 Å². The maximum atomic E-state index is 3.92. The molecule has 2 rings (SSSR count). The van der Waals surface area contributed by atoms with E-state index >= 15 is 0 Å². The van der Waals surface area contributed by atoms with Crippen LogP contribution < -0.4 is 10.6 Å². The molecule has 1 aromatic carbocycles. The number of hydrogen-bond donors (Lipinski definition) is 2. The van der Waals surface area contributed by atoms with Crippen LogP contribution in [0.4, 0.5) is 5.69 Å². The van der Waals surface area contributed by atoms with E-state index in [-0.39, 0.29) is 0 Å². The fourth-order valence-corrected chi connectivity index (χ4v) is 1.46. The highest BCUT2D eigenvalue weighted by Crippen LogP contribution is 2.11. The number of nitrogens with one attached hydrogen (secondary N) is 2. The van der Waals surface area contributed by atoms with Crippen LogP contribution in [0.25, 0.3) is 0 Å². The molecule has 0 fully saturated rings. The zero-order valence-electron chi connectivity index (χ0n) is 12.5. The summed E-state index contributed by atoms with van der Waals surface area (Å²) >= 11 is 0. The molecule has 0 spiro atoms. The van der Waals surface area contributed by atoms with Gasteiger partial charge in [0.05, 0.1) is 5.82 Å². The SMILES string of the molecule is C=C(NC1=CC=CC1)Nc1ccccc1.CC.CC. The van der Waals surface area contributed by atoms with Crippen LogP contribution in [-0.4, -0.2) is 0 Å². The van der Waals surface area contributed by atoms with Crippen LogP contribution in [0.2, 0.25) is 0 Å². The Kier molecular flexibility index (Phi) is 10.00. The molecule has 104 valence electrons. The molecule has 0 atom stereocenters. The van der Waals surface area contributed by atoms with Gasteiger partial charge in [-0.2, -0.15) is 0 Å². The topological polar surface area (TPSA) is 24.1 Å². The predicted octanol–water partition coefficient (Wildman–Crippen LogP) is 5.06. The van der Waals surface area contributed by atoms with Crippen molar-refractivity contribution in [1.29, 1.82) is 0 Å². The number of benzene rings is 1. The lowest BCUT2D eigenvalue weighted by Gasteiger charge is -2.12. The van der Waals surface area contributed by atoms with Crippen LogP contribution in [0, 0.1) is 0 Å². The van der Waals surface area contributed by atoms with Gasteiger partial charge in [-0.15, -0.1) is 0 Å². The number of allylic oxidation sites excluding steroid dienone is 3. The molecule has 0 heterocycles. The van der Waals surface area contributed by atoms with Crippen LogP contribution in [0.15, 0.2) is 66.7 Å². The van der Waals surface area contributed by atoms with Crippen LogP contribution in [0.3, 0.4) is 0 Å². The van der Waals surface area contributed by atoms with Crippen molar-refractivity contribution < 1.29 is 0 Å². The first-order chi connectivity index (χ1) is 9.34. The molecule has 0 bridgehead atoms. The Bertz CT molecular complexity index is 403. The quantitative estimate of drug-likeness (QED) is 0.789. The molecule has 0 unspecified atom stereocenters. The van der Waals surface area contributed by atoms with Gasteiger partial charge in [0.2, 0.25) is 0 Å². The first-order valence-corrected chi connectivity index (χ1v) is 6.98. The molecule has 0 radical (unpaired) electrons. The second kappa shape index (κ2) is 11.1. The van der Waals surface area contributed by atoms with Gasteiger partial charge in [0.25, 0.3) is 0 Å². The maximum absolute atomic E-state index is 3.92. The number of para-hydroxylation sites is 1. The Morgan fingerprint density at radius 1 is 1.00 bits per heavy atom. The third-order valence-corrected chi connectivity index (χ3v) is 2.15. The van der Waals surface area contributed by atoms with Gasteiger partial charge >= 0.3 is 0 Å². The monoisotopic (exact) mass is 258 g/mol. The van der Waals surface area contributed by atoms with E-state index < -0.39 is 0 Å². The van der Waals surface area contributed by atoms with Crippen molar-refractivity contribution in [2.45, 2.75) is 34.1 Å². The van der Waals surface area contributed by atoms with E-state index in [2.05, 4.69) is 29.4 Å². The van der Waals surface area contributed by atoms with E-state index in [0.717, 1.165) is 17.9 Å². The largest absolute Gasteiger partial charge is 0.346 e. The van der Waals surface area contributed by atoms with Crippen LogP contribution in [0.5, 0.6) is 0 Å². The Morgan fingerprint density at radius 2 is 1.63 bits per heavy atom. The molecule has 1 aliphatic rings. The van der Waals surface area contributed by atoms with Crippen LogP contribution in [0.1, 0.15) is 34.1 Å². The minimum absolute atomic E-state index is 0.802. The maximum Gasteiger partial charge on any atom is 0.0999 e. The summed E-state index contributed by atoms with van der Waals surface area (Å²) in [4.78, 5) is 0. The fraction of sp³-hybridized carbons (Fsp3) is 0.294. The van der Waals surface area contributed by atoms with Gasteiger partial charge in [-0.3, -0.25) is 0 Å². The van der Waals surface area contributed by atoms with E-state index in [1.165, 1.54) is 5.70 Å². The molecular weight excluding hydrogens is 232 g/mol. The normalized spacial score (nSPS) is 11.3. The summed E-state index contributed by atoms with van der Waals surface area (Å²) in [5.41, 5.74) is 2.21. The van der Waals surface area contributed by atoms with E-state index in [9.17, 15) is 0 Å². The van der Waals surface area contributed by atoms with Gasteiger partial charge in [0.15, 0.2) is 0 Å². The third-order valence-electron chi connectivity index (χ3n) is 2.15. The first-order valence-electron chi connectivity index (χ1n) is 6.98. The highest BCUT2D eigenvalue weighted by molar-refractivity contribution is 5.47. The Morgan fingerprint density at radius 3 is 2.16 bits per heavy atom. The van der Waals surface area contributed by atoms with Gasteiger partial charge in [0, 0.05) is 17.8 Å². The second-order valence-corrected chi connectivity index (χ2v) is 3.42. The van der Waals surface area contributed by atoms with Crippen LogP contribution in [-0.2, 0) is 0 Å². The van der Waals surface area contributed by atoms with E-state index in [4.69, 9.17) is 0 Å². The average Bonchev–Trinajstić information content (AvgIpc) is 2.97. The third kappa shape index (κ3) is 7.14. The molecular formula is C17H26N2. The van der Waals surface area contributed by atoms with E-state index in [1.54, 1.807) is 0 Å². The Labute approximate surface area is 117 Å². The predicted molar refractivity (Wildman–Crippen MR) is 86.9 cm³/mol. The molecule has 0 saturated heterocycles. The summed E-state index contributed by atoms with van der Waals surface area (Å²) in [5.74, 6) is 0.802. The van der Waals surface area contributed by atoms with Gasteiger partial charge in [-0.25, -0.2) is 0 Å². The minimum atomic E-state index is 0.802. The standard InChI is InChI=1S/C13H14N2.2C2H6/c1-11(15-13-9-5-6-10-13)14-12-7-3-2-4-8-12;2*1-2/h2-9,14-15H,1,10H2;2*1-2H3. The Balaban J connectivity index is 0.000000741. The summed E-state index contributed by atoms with van der Waals surface area (Å²) in [7, 11) is 0. The van der Waals surface area contributed by atoms with Crippen molar-refractivity contribution in [3.05, 3.63) is 66.7 Å². The van der Waals surface area contributed by atoms with Crippen molar-refractivity contribution in [3.8, 4) is 0 Å². The van der Waals surface area contributed by atoms with Gasteiger partial charge in [-0.05, 0) is 18.2 Å². The minimum Gasteiger partial charge on any atom is -0.346 e. The molecule has 0 aliphatic heterocycles. The average molecular weight is 258 g/mol. The van der Waals surface area contributed by atoms with E-state index in [0.29, 0.717) is 0 Å². The molecule has 0 amide bonds. The van der Waals surface area contributed by atoms with Crippen molar-refractivity contribution in [1.82, 2.24) is 5.32 Å². The lowest BCUT2D eigenvalue weighted by atomic mass is 10.3. The fourth-order valence-electron chi connectivity index (χ4n) is 1.46.